The van der Waals surface area contributed by atoms with Gasteiger partial charge in [-0.15, -0.1) is 0 Å². The fourth-order valence-electron chi connectivity index (χ4n) is 3.69. The molecule has 0 bridgehead atoms. The van der Waals surface area contributed by atoms with E-state index in [2.05, 4.69) is 10.6 Å². The van der Waals surface area contributed by atoms with Gasteiger partial charge < -0.3 is 10.6 Å². The Bertz CT molecular complexity index is 1020. The van der Waals surface area contributed by atoms with Gasteiger partial charge >= 0.3 is 0 Å². The molecule has 0 saturated carbocycles. The zero-order valence-electron chi connectivity index (χ0n) is 16.5. The zero-order valence-corrected chi connectivity index (χ0v) is 17.3. The molecule has 1 saturated heterocycles. The molecular formula is C25H23ClN2O2. The Balaban J connectivity index is 1.39. The largest absolute Gasteiger partial charge is 0.322 e. The zero-order chi connectivity index (χ0) is 20.9. The van der Waals surface area contributed by atoms with Gasteiger partial charge in [0.25, 0.3) is 5.91 Å². The Morgan fingerprint density at radius 2 is 1.43 bits per heavy atom. The van der Waals surface area contributed by atoms with Gasteiger partial charge in [0.15, 0.2) is 5.78 Å². The quantitative estimate of drug-likeness (QED) is 0.542. The summed E-state index contributed by atoms with van der Waals surface area (Å²) in [5.41, 5.74) is 3.98. The highest BCUT2D eigenvalue weighted by Gasteiger charge is 2.22. The summed E-state index contributed by atoms with van der Waals surface area (Å²) in [6.07, 6.45) is 1.96. The van der Waals surface area contributed by atoms with Crippen LogP contribution >= 0.6 is 11.6 Å². The molecule has 0 spiro atoms. The molecule has 4 nitrogen and oxygen atoms in total. The number of nitrogens with one attached hydrogen (secondary N) is 2. The van der Waals surface area contributed by atoms with Gasteiger partial charge in [0, 0.05) is 34.3 Å². The Morgan fingerprint density at radius 3 is 2.03 bits per heavy atom. The summed E-state index contributed by atoms with van der Waals surface area (Å²) < 4.78 is 0. The minimum atomic E-state index is -0.187. The van der Waals surface area contributed by atoms with E-state index in [-0.39, 0.29) is 17.6 Å². The van der Waals surface area contributed by atoms with E-state index >= 15 is 0 Å². The molecule has 1 aliphatic rings. The second kappa shape index (κ2) is 9.24. The third kappa shape index (κ3) is 4.78. The second-order valence-corrected chi connectivity index (χ2v) is 7.96. The Hall–Kier alpha value is -2.95. The topological polar surface area (TPSA) is 58.2 Å². The number of hydrogen-bond donors (Lipinski definition) is 2. The smallest absolute Gasteiger partial charge is 0.255 e. The average molecular weight is 419 g/mol. The molecule has 3 aromatic rings. The number of halogens is 1. The monoisotopic (exact) mass is 418 g/mol. The van der Waals surface area contributed by atoms with E-state index in [1.54, 1.807) is 36.4 Å². The van der Waals surface area contributed by atoms with Crippen LogP contribution in [-0.4, -0.2) is 24.8 Å². The fourth-order valence-corrected chi connectivity index (χ4v) is 3.81. The van der Waals surface area contributed by atoms with Crippen molar-refractivity contribution in [2.45, 2.75) is 12.8 Å². The average Bonchev–Trinajstić information content (AvgIpc) is 2.80. The Kier molecular flexibility index (Phi) is 6.26. The Labute approximate surface area is 181 Å². The highest BCUT2D eigenvalue weighted by molar-refractivity contribution is 6.30. The van der Waals surface area contributed by atoms with Crippen molar-refractivity contribution in [2.75, 3.05) is 18.4 Å². The molecule has 1 atom stereocenters. The molecule has 0 radical (unpaired) electrons. The van der Waals surface area contributed by atoms with E-state index in [9.17, 15) is 9.59 Å². The van der Waals surface area contributed by atoms with Crippen LogP contribution in [0.1, 0.15) is 33.6 Å². The van der Waals surface area contributed by atoms with Crippen molar-refractivity contribution in [1.29, 1.82) is 0 Å². The van der Waals surface area contributed by atoms with E-state index in [1.165, 1.54) is 0 Å². The summed E-state index contributed by atoms with van der Waals surface area (Å²) in [6.45, 7) is 1.72. The van der Waals surface area contributed by atoms with E-state index in [1.807, 2.05) is 36.4 Å². The lowest BCUT2D eigenvalue weighted by atomic mass is 9.91. The van der Waals surface area contributed by atoms with Crippen molar-refractivity contribution in [1.82, 2.24) is 5.32 Å². The standard InChI is InChI=1S/C25H23ClN2O2/c26-22-11-7-18(8-12-22)17-3-5-20(6-4-17)25(30)28-23-13-9-19(10-14-23)24(29)21-2-1-15-27-16-21/h3-14,21,27H,1-2,15-16H2,(H,28,30). The molecule has 3 aromatic carbocycles. The van der Waals surface area contributed by atoms with Crippen LogP contribution in [0.15, 0.2) is 72.8 Å². The lowest BCUT2D eigenvalue weighted by Crippen LogP contribution is -2.34. The van der Waals surface area contributed by atoms with Crippen LogP contribution in [0.4, 0.5) is 5.69 Å². The van der Waals surface area contributed by atoms with Gasteiger partial charge in [0.2, 0.25) is 0 Å². The van der Waals surface area contributed by atoms with Crippen LogP contribution in [0.3, 0.4) is 0 Å². The van der Waals surface area contributed by atoms with Gasteiger partial charge in [-0.2, -0.15) is 0 Å². The molecule has 1 aliphatic heterocycles. The number of piperidine rings is 1. The molecular weight excluding hydrogens is 396 g/mol. The predicted octanol–water partition coefficient (Wildman–Crippen LogP) is 5.44. The van der Waals surface area contributed by atoms with E-state index < -0.39 is 0 Å². The lowest BCUT2D eigenvalue weighted by Gasteiger charge is -2.21. The molecule has 2 N–H and O–H groups in total. The van der Waals surface area contributed by atoms with Crippen LogP contribution in [-0.2, 0) is 0 Å². The van der Waals surface area contributed by atoms with Crippen molar-refractivity contribution in [3.63, 3.8) is 0 Å². The molecule has 1 fully saturated rings. The maximum atomic E-state index is 12.6. The minimum Gasteiger partial charge on any atom is -0.322 e. The number of hydrogen-bond acceptors (Lipinski definition) is 3. The first-order valence-electron chi connectivity index (χ1n) is 10.1. The molecule has 1 heterocycles. The lowest BCUT2D eigenvalue weighted by molar-refractivity contribution is 0.0899. The van der Waals surface area contributed by atoms with Crippen LogP contribution < -0.4 is 10.6 Å². The number of carbonyl (C=O) groups is 2. The third-order valence-corrected chi connectivity index (χ3v) is 5.67. The number of benzene rings is 3. The summed E-state index contributed by atoms with van der Waals surface area (Å²) in [5, 5.41) is 6.86. The summed E-state index contributed by atoms with van der Waals surface area (Å²) in [4.78, 5) is 25.2. The first-order valence-corrected chi connectivity index (χ1v) is 10.5. The van der Waals surface area contributed by atoms with Crippen molar-refractivity contribution in [3.8, 4) is 11.1 Å². The van der Waals surface area contributed by atoms with Gasteiger partial charge in [-0.3, -0.25) is 9.59 Å². The number of ketones is 1. The maximum Gasteiger partial charge on any atom is 0.255 e. The number of amides is 1. The predicted molar refractivity (Wildman–Crippen MR) is 121 cm³/mol. The van der Waals surface area contributed by atoms with Gasteiger partial charge in [0.05, 0.1) is 0 Å². The molecule has 1 unspecified atom stereocenters. The first-order chi connectivity index (χ1) is 14.6. The minimum absolute atomic E-state index is 0.0401. The molecule has 1 amide bonds. The summed E-state index contributed by atoms with van der Waals surface area (Å²) in [7, 11) is 0. The third-order valence-electron chi connectivity index (χ3n) is 5.42. The van der Waals surface area contributed by atoms with Crippen LogP contribution in [0.2, 0.25) is 5.02 Å². The highest BCUT2D eigenvalue weighted by Crippen LogP contribution is 2.23. The van der Waals surface area contributed by atoms with Gasteiger partial charge in [-0.25, -0.2) is 0 Å². The first kappa shape index (κ1) is 20.3. The highest BCUT2D eigenvalue weighted by atomic mass is 35.5. The van der Waals surface area contributed by atoms with E-state index in [4.69, 9.17) is 11.6 Å². The van der Waals surface area contributed by atoms with Crippen LogP contribution in [0, 0.1) is 5.92 Å². The Morgan fingerprint density at radius 1 is 0.833 bits per heavy atom. The van der Waals surface area contributed by atoms with Gasteiger partial charge in [-0.1, -0.05) is 35.9 Å². The number of anilines is 1. The van der Waals surface area contributed by atoms with Crippen LogP contribution in [0.5, 0.6) is 0 Å². The summed E-state index contributed by atoms with van der Waals surface area (Å²) in [6, 6.07) is 22.1. The normalized spacial score (nSPS) is 16.1. The fraction of sp³-hybridized carbons (Fsp3) is 0.200. The van der Waals surface area contributed by atoms with Crippen molar-refractivity contribution < 1.29 is 9.59 Å². The molecule has 5 heteroatoms. The molecule has 30 heavy (non-hydrogen) atoms. The van der Waals surface area contributed by atoms with Gasteiger partial charge in [0.1, 0.15) is 0 Å². The number of Topliss-reactive ketones (excluding diaryl/α,β-unsaturated/α-hetero) is 1. The molecule has 0 aromatic heterocycles. The van der Waals surface area contributed by atoms with Crippen LogP contribution in [0.25, 0.3) is 11.1 Å². The SMILES string of the molecule is O=C(Nc1ccc(C(=O)C2CCCNC2)cc1)c1ccc(-c2ccc(Cl)cc2)cc1. The summed E-state index contributed by atoms with van der Waals surface area (Å²) in [5.74, 6) is 0.0180. The second-order valence-electron chi connectivity index (χ2n) is 7.52. The molecule has 4 rings (SSSR count). The van der Waals surface area contributed by atoms with Crippen molar-refractivity contribution in [2.24, 2.45) is 5.92 Å². The van der Waals surface area contributed by atoms with E-state index in [0.29, 0.717) is 21.8 Å². The number of rotatable bonds is 5. The van der Waals surface area contributed by atoms with Crippen molar-refractivity contribution in [3.05, 3.63) is 88.9 Å². The van der Waals surface area contributed by atoms with E-state index in [0.717, 1.165) is 37.1 Å². The van der Waals surface area contributed by atoms with Crippen molar-refractivity contribution >= 4 is 29.0 Å². The maximum absolute atomic E-state index is 12.6. The summed E-state index contributed by atoms with van der Waals surface area (Å²) >= 11 is 5.93. The van der Waals surface area contributed by atoms with Gasteiger partial charge in [-0.05, 0) is 79.0 Å². The molecule has 0 aliphatic carbocycles. The molecule has 152 valence electrons. The number of carbonyl (C=O) groups excluding carboxylic acids is 2.